The van der Waals surface area contributed by atoms with Gasteiger partial charge in [0, 0.05) is 27.8 Å². The van der Waals surface area contributed by atoms with Gasteiger partial charge in [-0.3, -0.25) is 0 Å². The highest BCUT2D eigenvalue weighted by Crippen LogP contribution is 2.38. The maximum absolute atomic E-state index is 3.67. The first kappa shape index (κ1) is 14.0. The van der Waals surface area contributed by atoms with Crippen molar-refractivity contribution in [2.45, 2.75) is 26.3 Å². The molecule has 108 valence electrons. The second-order valence-electron chi connectivity index (χ2n) is 5.72. The van der Waals surface area contributed by atoms with Crippen molar-refractivity contribution < 1.29 is 0 Å². The van der Waals surface area contributed by atoms with Crippen LogP contribution < -0.4 is 5.32 Å². The zero-order chi connectivity index (χ0) is 13.7. The molecule has 1 unspecified atom stereocenters. The average molecular weight is 299 g/mol. The van der Waals surface area contributed by atoms with Gasteiger partial charge < -0.3 is 10.3 Å². The number of nitrogens with one attached hydrogen (secondary N) is 2. The molecule has 2 aromatic carbocycles. The summed E-state index contributed by atoms with van der Waals surface area (Å²) in [7, 11) is 0. The van der Waals surface area contributed by atoms with Crippen LogP contribution in [0.5, 0.6) is 0 Å². The van der Waals surface area contributed by atoms with E-state index in [9.17, 15) is 0 Å². The number of benzene rings is 2. The Hall–Kier alpha value is -1.93. The van der Waals surface area contributed by atoms with Gasteiger partial charge in [-0.15, -0.1) is 12.4 Å². The number of aromatic nitrogens is 1. The van der Waals surface area contributed by atoms with E-state index in [1.807, 2.05) is 0 Å². The van der Waals surface area contributed by atoms with Crippen LogP contribution in [0.15, 0.2) is 42.5 Å². The van der Waals surface area contributed by atoms with Crippen molar-refractivity contribution in [1.29, 1.82) is 0 Å². The fraction of sp³-hybridized carbons (Fsp3) is 0.222. The predicted octanol–water partition coefficient (Wildman–Crippen LogP) is 4.92. The zero-order valence-electron chi connectivity index (χ0n) is 12.2. The van der Waals surface area contributed by atoms with Crippen molar-refractivity contribution in [2.24, 2.45) is 0 Å². The standard InChI is InChI=1S/C18H18N2.ClH/c1-11-6-5-8-14-17(12(2)19-18(11)14)16-10-13-7-3-4-9-15(13)20-16;/h3-9,16,19-20H,10H2,1-2H3;1H. The molecule has 4 rings (SSSR count). The Kier molecular flexibility index (Phi) is 3.42. The third-order valence-corrected chi connectivity index (χ3v) is 4.40. The highest BCUT2D eigenvalue weighted by Gasteiger charge is 2.25. The molecule has 0 radical (unpaired) electrons. The van der Waals surface area contributed by atoms with Crippen molar-refractivity contribution in [2.75, 3.05) is 5.32 Å². The van der Waals surface area contributed by atoms with E-state index in [1.165, 1.54) is 39.0 Å². The van der Waals surface area contributed by atoms with Gasteiger partial charge in [0.1, 0.15) is 0 Å². The van der Waals surface area contributed by atoms with Gasteiger partial charge in [0.05, 0.1) is 6.04 Å². The molecule has 0 aliphatic carbocycles. The van der Waals surface area contributed by atoms with E-state index in [2.05, 4.69) is 66.6 Å². The van der Waals surface area contributed by atoms with Gasteiger partial charge in [-0.05, 0) is 37.5 Å². The fourth-order valence-corrected chi connectivity index (χ4v) is 3.44. The van der Waals surface area contributed by atoms with Gasteiger partial charge in [-0.1, -0.05) is 36.4 Å². The SMILES string of the molecule is Cc1[nH]c2c(C)cccc2c1C1Cc2ccccc2N1.Cl. The molecule has 2 N–H and O–H groups in total. The molecular formula is C18H19ClN2. The molecule has 0 amide bonds. The van der Waals surface area contributed by atoms with E-state index in [0.717, 1.165) is 6.42 Å². The molecular weight excluding hydrogens is 280 g/mol. The first-order valence-electron chi connectivity index (χ1n) is 7.16. The van der Waals surface area contributed by atoms with Crippen LogP contribution in [0.4, 0.5) is 5.69 Å². The Morgan fingerprint density at radius 3 is 2.62 bits per heavy atom. The molecule has 2 heterocycles. The van der Waals surface area contributed by atoms with Gasteiger partial charge in [0.15, 0.2) is 0 Å². The Balaban J connectivity index is 0.00000132. The summed E-state index contributed by atoms with van der Waals surface area (Å²) >= 11 is 0. The first-order valence-corrected chi connectivity index (χ1v) is 7.16. The molecule has 21 heavy (non-hydrogen) atoms. The number of H-pyrrole nitrogens is 1. The summed E-state index contributed by atoms with van der Waals surface area (Å²) in [6.07, 6.45) is 1.07. The lowest BCUT2D eigenvalue weighted by molar-refractivity contribution is 0.822. The monoisotopic (exact) mass is 298 g/mol. The Labute approximate surface area is 131 Å². The van der Waals surface area contributed by atoms with Gasteiger partial charge in [0.25, 0.3) is 0 Å². The molecule has 3 heteroatoms. The van der Waals surface area contributed by atoms with Crippen molar-refractivity contribution in [3.63, 3.8) is 0 Å². The molecule has 1 aromatic heterocycles. The highest BCUT2D eigenvalue weighted by molar-refractivity contribution is 5.88. The molecule has 1 atom stereocenters. The number of rotatable bonds is 1. The molecule has 0 saturated carbocycles. The van der Waals surface area contributed by atoms with Gasteiger partial charge in [-0.25, -0.2) is 0 Å². The van der Waals surface area contributed by atoms with Gasteiger partial charge in [0.2, 0.25) is 0 Å². The number of fused-ring (bicyclic) bond motifs is 2. The predicted molar refractivity (Wildman–Crippen MR) is 91.5 cm³/mol. The summed E-state index contributed by atoms with van der Waals surface area (Å²) in [4.78, 5) is 3.56. The summed E-state index contributed by atoms with van der Waals surface area (Å²) in [6, 6.07) is 15.5. The lowest BCUT2D eigenvalue weighted by atomic mass is 9.99. The normalized spacial score (nSPS) is 16.4. The van der Waals surface area contributed by atoms with E-state index in [0.29, 0.717) is 6.04 Å². The number of hydrogen-bond donors (Lipinski definition) is 2. The molecule has 0 fully saturated rings. The first-order chi connectivity index (χ1) is 9.74. The van der Waals surface area contributed by atoms with Crippen molar-refractivity contribution in [3.05, 3.63) is 64.8 Å². The van der Waals surface area contributed by atoms with Crippen molar-refractivity contribution >= 4 is 29.0 Å². The zero-order valence-corrected chi connectivity index (χ0v) is 13.1. The smallest absolute Gasteiger partial charge is 0.0578 e. The maximum atomic E-state index is 3.67. The van der Waals surface area contributed by atoms with E-state index in [1.54, 1.807) is 0 Å². The third kappa shape index (κ3) is 2.11. The second kappa shape index (κ2) is 5.12. The quantitative estimate of drug-likeness (QED) is 0.656. The van der Waals surface area contributed by atoms with Crippen LogP contribution in [0, 0.1) is 13.8 Å². The minimum atomic E-state index is 0. The Bertz CT molecular complexity index is 779. The summed E-state index contributed by atoms with van der Waals surface area (Å²) < 4.78 is 0. The van der Waals surface area contributed by atoms with Crippen LogP contribution in [0.3, 0.4) is 0 Å². The summed E-state index contributed by atoms with van der Waals surface area (Å²) in [5.74, 6) is 0. The lowest BCUT2D eigenvalue weighted by Crippen LogP contribution is -2.06. The van der Waals surface area contributed by atoms with Crippen LogP contribution in [0.2, 0.25) is 0 Å². The van der Waals surface area contributed by atoms with E-state index >= 15 is 0 Å². The topological polar surface area (TPSA) is 27.8 Å². The van der Waals surface area contributed by atoms with E-state index < -0.39 is 0 Å². The number of para-hydroxylation sites is 2. The third-order valence-electron chi connectivity index (χ3n) is 4.40. The van der Waals surface area contributed by atoms with Gasteiger partial charge in [-0.2, -0.15) is 0 Å². The Morgan fingerprint density at radius 2 is 1.81 bits per heavy atom. The van der Waals surface area contributed by atoms with Crippen LogP contribution in [-0.4, -0.2) is 4.98 Å². The highest BCUT2D eigenvalue weighted by atomic mass is 35.5. The number of hydrogen-bond acceptors (Lipinski definition) is 1. The number of aryl methyl sites for hydroxylation is 2. The van der Waals surface area contributed by atoms with Crippen LogP contribution in [0.1, 0.15) is 28.4 Å². The largest absolute Gasteiger partial charge is 0.378 e. The molecule has 3 aromatic rings. The van der Waals surface area contributed by atoms with Crippen LogP contribution >= 0.6 is 12.4 Å². The molecule has 0 saturated heterocycles. The summed E-state index contributed by atoms with van der Waals surface area (Å²) in [6.45, 7) is 4.35. The number of aromatic amines is 1. The molecule has 0 spiro atoms. The molecule has 2 nitrogen and oxygen atoms in total. The maximum Gasteiger partial charge on any atom is 0.0578 e. The lowest BCUT2D eigenvalue weighted by Gasteiger charge is -2.12. The fourth-order valence-electron chi connectivity index (χ4n) is 3.44. The van der Waals surface area contributed by atoms with Crippen molar-refractivity contribution in [3.8, 4) is 0 Å². The van der Waals surface area contributed by atoms with E-state index in [-0.39, 0.29) is 12.4 Å². The van der Waals surface area contributed by atoms with Gasteiger partial charge >= 0.3 is 0 Å². The molecule has 1 aliphatic rings. The molecule has 1 aliphatic heterocycles. The van der Waals surface area contributed by atoms with Crippen LogP contribution in [-0.2, 0) is 6.42 Å². The average Bonchev–Trinajstić information content (AvgIpc) is 2.99. The molecule has 0 bridgehead atoms. The van der Waals surface area contributed by atoms with Crippen molar-refractivity contribution in [1.82, 2.24) is 4.98 Å². The summed E-state index contributed by atoms with van der Waals surface area (Å²) in [5.41, 5.74) is 7.97. The second-order valence-corrected chi connectivity index (χ2v) is 5.72. The summed E-state index contributed by atoms with van der Waals surface area (Å²) in [5, 5.41) is 5.02. The number of anilines is 1. The minimum absolute atomic E-state index is 0. The van der Waals surface area contributed by atoms with E-state index in [4.69, 9.17) is 0 Å². The van der Waals surface area contributed by atoms with Crippen LogP contribution in [0.25, 0.3) is 10.9 Å². The number of halogens is 1. The Morgan fingerprint density at radius 1 is 1.00 bits per heavy atom. The minimum Gasteiger partial charge on any atom is -0.378 e.